The van der Waals surface area contributed by atoms with Crippen LogP contribution in [0.5, 0.6) is 11.5 Å². The van der Waals surface area contributed by atoms with Crippen molar-refractivity contribution in [2.45, 2.75) is 26.3 Å². The standard InChI is InChI=1S/C11H16BrNO2.ClH/c1-3-9(13)7-5-8(12)11(14)10(6-7)15-4-2;/h5-6,9,14H,3-4,13H2,1-2H3;1H/t9-;/m0./s1. The van der Waals surface area contributed by atoms with Crippen LogP contribution in [0.3, 0.4) is 0 Å². The van der Waals surface area contributed by atoms with E-state index in [-0.39, 0.29) is 24.2 Å². The van der Waals surface area contributed by atoms with Gasteiger partial charge in [-0.05, 0) is 47.0 Å². The lowest BCUT2D eigenvalue weighted by molar-refractivity contribution is 0.316. The van der Waals surface area contributed by atoms with Gasteiger partial charge in [-0.25, -0.2) is 0 Å². The second-order valence-electron chi connectivity index (χ2n) is 3.30. The molecule has 0 aliphatic heterocycles. The van der Waals surface area contributed by atoms with E-state index in [4.69, 9.17) is 10.5 Å². The molecule has 3 N–H and O–H groups in total. The number of nitrogens with two attached hydrogens (primary N) is 1. The van der Waals surface area contributed by atoms with Crippen molar-refractivity contribution in [1.29, 1.82) is 0 Å². The minimum Gasteiger partial charge on any atom is -0.503 e. The number of phenolic OH excluding ortho intramolecular Hbond substituents is 1. The second kappa shape index (κ2) is 6.99. The Morgan fingerprint density at radius 2 is 2.06 bits per heavy atom. The first-order valence-electron chi connectivity index (χ1n) is 5.00. The predicted octanol–water partition coefficient (Wildman–Crippen LogP) is 3.39. The van der Waals surface area contributed by atoms with Crippen molar-refractivity contribution in [3.63, 3.8) is 0 Å². The number of phenols is 1. The third-order valence-electron chi connectivity index (χ3n) is 2.22. The van der Waals surface area contributed by atoms with Crippen LogP contribution in [0.4, 0.5) is 0 Å². The fraction of sp³-hybridized carbons (Fsp3) is 0.455. The van der Waals surface area contributed by atoms with Gasteiger partial charge in [-0.3, -0.25) is 0 Å². The maximum absolute atomic E-state index is 9.69. The smallest absolute Gasteiger partial charge is 0.172 e. The molecule has 0 fully saturated rings. The van der Waals surface area contributed by atoms with Crippen LogP contribution in [0.1, 0.15) is 31.9 Å². The molecule has 3 nitrogen and oxygen atoms in total. The topological polar surface area (TPSA) is 55.5 Å². The van der Waals surface area contributed by atoms with Gasteiger partial charge < -0.3 is 15.6 Å². The van der Waals surface area contributed by atoms with Gasteiger partial charge in [0.2, 0.25) is 0 Å². The van der Waals surface area contributed by atoms with Crippen molar-refractivity contribution in [3.8, 4) is 11.5 Å². The number of hydrogen-bond acceptors (Lipinski definition) is 3. The molecule has 0 heterocycles. The van der Waals surface area contributed by atoms with Gasteiger partial charge in [-0.15, -0.1) is 12.4 Å². The van der Waals surface area contributed by atoms with Crippen LogP contribution in [0, 0.1) is 0 Å². The minimum absolute atomic E-state index is 0. The van der Waals surface area contributed by atoms with E-state index < -0.39 is 0 Å². The molecule has 0 saturated heterocycles. The summed E-state index contributed by atoms with van der Waals surface area (Å²) >= 11 is 3.28. The lowest BCUT2D eigenvalue weighted by atomic mass is 10.1. The normalized spacial score (nSPS) is 11.8. The van der Waals surface area contributed by atoms with Crippen LogP contribution in [0.15, 0.2) is 16.6 Å². The molecule has 92 valence electrons. The van der Waals surface area contributed by atoms with Crippen LogP contribution in [-0.2, 0) is 0 Å². The maximum atomic E-state index is 9.69. The van der Waals surface area contributed by atoms with E-state index in [1.165, 1.54) is 0 Å². The minimum atomic E-state index is -0.0268. The molecular weight excluding hydrogens is 293 g/mol. The van der Waals surface area contributed by atoms with Crippen molar-refractivity contribution >= 4 is 28.3 Å². The van der Waals surface area contributed by atoms with Crippen molar-refractivity contribution in [3.05, 3.63) is 22.2 Å². The zero-order valence-electron chi connectivity index (χ0n) is 9.37. The van der Waals surface area contributed by atoms with Crippen molar-refractivity contribution in [2.24, 2.45) is 5.73 Å². The summed E-state index contributed by atoms with van der Waals surface area (Å²) in [5.74, 6) is 0.606. The van der Waals surface area contributed by atoms with E-state index in [0.29, 0.717) is 16.8 Å². The van der Waals surface area contributed by atoms with Gasteiger partial charge in [0.05, 0.1) is 11.1 Å². The molecule has 16 heavy (non-hydrogen) atoms. The molecule has 1 aromatic carbocycles. The molecule has 0 amide bonds. The summed E-state index contributed by atoms with van der Waals surface area (Å²) in [6, 6.07) is 3.59. The van der Waals surface area contributed by atoms with Crippen molar-refractivity contribution in [1.82, 2.24) is 0 Å². The van der Waals surface area contributed by atoms with Gasteiger partial charge in [-0.1, -0.05) is 6.92 Å². The number of rotatable bonds is 4. The summed E-state index contributed by atoms with van der Waals surface area (Å²) in [5.41, 5.74) is 6.88. The lowest BCUT2D eigenvalue weighted by Crippen LogP contribution is -2.09. The highest BCUT2D eigenvalue weighted by Crippen LogP contribution is 2.37. The number of hydrogen-bond donors (Lipinski definition) is 2. The highest BCUT2D eigenvalue weighted by atomic mass is 79.9. The zero-order valence-corrected chi connectivity index (χ0v) is 11.8. The van der Waals surface area contributed by atoms with E-state index in [2.05, 4.69) is 15.9 Å². The quantitative estimate of drug-likeness (QED) is 0.896. The van der Waals surface area contributed by atoms with Gasteiger partial charge in [0.1, 0.15) is 0 Å². The van der Waals surface area contributed by atoms with Gasteiger partial charge in [-0.2, -0.15) is 0 Å². The van der Waals surface area contributed by atoms with Gasteiger partial charge in [0.15, 0.2) is 11.5 Å². The summed E-state index contributed by atoms with van der Waals surface area (Å²) < 4.78 is 5.94. The Kier molecular flexibility index (Phi) is 6.79. The summed E-state index contributed by atoms with van der Waals surface area (Å²) in [5, 5.41) is 9.69. The van der Waals surface area contributed by atoms with E-state index in [0.717, 1.165) is 12.0 Å². The average molecular weight is 311 g/mol. The van der Waals surface area contributed by atoms with Crippen LogP contribution in [0.2, 0.25) is 0 Å². The maximum Gasteiger partial charge on any atom is 0.172 e. The van der Waals surface area contributed by atoms with E-state index in [9.17, 15) is 5.11 Å². The molecule has 0 saturated carbocycles. The molecule has 0 aliphatic carbocycles. The molecule has 0 unspecified atom stereocenters. The summed E-state index contributed by atoms with van der Waals surface area (Å²) in [6.45, 7) is 4.41. The Balaban J connectivity index is 0.00000225. The number of benzene rings is 1. The molecule has 1 rings (SSSR count). The first-order valence-corrected chi connectivity index (χ1v) is 5.80. The lowest BCUT2D eigenvalue weighted by Gasteiger charge is -2.14. The molecule has 0 spiro atoms. The second-order valence-corrected chi connectivity index (χ2v) is 4.15. The first kappa shape index (κ1) is 15.5. The summed E-state index contributed by atoms with van der Waals surface area (Å²) in [4.78, 5) is 0. The third-order valence-corrected chi connectivity index (χ3v) is 2.82. The molecule has 0 aliphatic rings. The van der Waals surface area contributed by atoms with Gasteiger partial charge in [0, 0.05) is 6.04 Å². The van der Waals surface area contributed by atoms with Crippen molar-refractivity contribution in [2.75, 3.05) is 6.61 Å². The molecule has 0 bridgehead atoms. The largest absolute Gasteiger partial charge is 0.503 e. The van der Waals surface area contributed by atoms with E-state index in [1.54, 1.807) is 6.07 Å². The van der Waals surface area contributed by atoms with Crippen LogP contribution < -0.4 is 10.5 Å². The number of ether oxygens (including phenoxy) is 1. The Bertz CT molecular complexity index is 347. The summed E-state index contributed by atoms with van der Waals surface area (Å²) in [7, 11) is 0. The number of halogens is 2. The summed E-state index contributed by atoms with van der Waals surface area (Å²) in [6.07, 6.45) is 0.850. The van der Waals surface area contributed by atoms with E-state index in [1.807, 2.05) is 19.9 Å². The Hall–Kier alpha value is -0.450. The van der Waals surface area contributed by atoms with E-state index >= 15 is 0 Å². The highest BCUT2D eigenvalue weighted by Gasteiger charge is 2.12. The molecule has 1 aromatic rings. The number of aromatic hydroxyl groups is 1. The Morgan fingerprint density at radius 1 is 1.44 bits per heavy atom. The average Bonchev–Trinajstić information content (AvgIpc) is 2.23. The predicted molar refractivity (Wildman–Crippen MR) is 71.4 cm³/mol. The van der Waals surface area contributed by atoms with Gasteiger partial charge >= 0.3 is 0 Å². The molecule has 1 atom stereocenters. The molecule has 0 aromatic heterocycles. The molecular formula is C11H17BrClNO2. The SMILES string of the molecule is CCOc1cc([C@@H](N)CC)cc(Br)c1O.Cl. The van der Waals surface area contributed by atoms with Crippen LogP contribution >= 0.6 is 28.3 Å². The zero-order chi connectivity index (χ0) is 11.4. The monoisotopic (exact) mass is 309 g/mol. The third kappa shape index (κ3) is 3.54. The van der Waals surface area contributed by atoms with Crippen molar-refractivity contribution < 1.29 is 9.84 Å². The molecule has 5 heteroatoms. The fourth-order valence-electron chi connectivity index (χ4n) is 1.31. The Labute approximate surface area is 111 Å². The van der Waals surface area contributed by atoms with Crippen LogP contribution in [0.25, 0.3) is 0 Å². The fourth-order valence-corrected chi connectivity index (χ4v) is 1.77. The highest BCUT2D eigenvalue weighted by molar-refractivity contribution is 9.10. The molecule has 0 radical (unpaired) electrons. The first-order chi connectivity index (χ1) is 7.10. The Morgan fingerprint density at radius 3 is 2.56 bits per heavy atom. The van der Waals surface area contributed by atoms with Gasteiger partial charge in [0.25, 0.3) is 0 Å². The van der Waals surface area contributed by atoms with Crippen LogP contribution in [-0.4, -0.2) is 11.7 Å².